The van der Waals surface area contributed by atoms with Gasteiger partial charge >= 0.3 is 7.32 Å². The van der Waals surface area contributed by atoms with Crippen LogP contribution >= 0.6 is 0 Å². The molecule has 2 aromatic carbocycles. The highest BCUT2D eigenvalue weighted by atomic mass is 16.7. The molecule has 3 nitrogen and oxygen atoms in total. The van der Waals surface area contributed by atoms with Gasteiger partial charge in [0.2, 0.25) is 0 Å². The van der Waals surface area contributed by atoms with Crippen LogP contribution in [-0.4, -0.2) is 12.3 Å². The van der Waals surface area contributed by atoms with Crippen LogP contribution in [0.4, 0.5) is 0 Å². The van der Waals surface area contributed by atoms with E-state index < -0.39 is 7.32 Å². The van der Waals surface area contributed by atoms with Crippen molar-refractivity contribution in [1.82, 2.24) is 0 Å². The maximum absolute atomic E-state index is 9.73. The van der Waals surface area contributed by atoms with Crippen molar-refractivity contribution < 1.29 is 14.3 Å². The third-order valence-electron chi connectivity index (χ3n) is 3.33. The minimum atomic E-state index is -1.18. The van der Waals surface area contributed by atoms with E-state index in [1.165, 1.54) is 0 Å². The molecule has 3 rings (SSSR count). The quantitative estimate of drug-likeness (QED) is 0.837. The number of benzene rings is 2. The van der Waals surface area contributed by atoms with Crippen LogP contribution < -0.4 is 0 Å². The second kappa shape index (κ2) is 5.57. The summed E-state index contributed by atoms with van der Waals surface area (Å²) < 4.78 is 10.9. The Labute approximate surface area is 113 Å². The lowest BCUT2D eigenvalue weighted by atomic mass is 9.94. The van der Waals surface area contributed by atoms with Crippen LogP contribution in [0, 0.1) is 0 Å². The predicted molar refractivity (Wildman–Crippen MR) is 73.1 cm³/mol. The van der Waals surface area contributed by atoms with Gasteiger partial charge in [0.05, 0.1) is 12.2 Å². The van der Waals surface area contributed by atoms with E-state index in [2.05, 4.69) is 0 Å². The second-order valence-corrected chi connectivity index (χ2v) is 4.61. The molecule has 1 aliphatic rings. The van der Waals surface area contributed by atoms with Crippen LogP contribution in [0.15, 0.2) is 60.7 Å². The summed E-state index contributed by atoms with van der Waals surface area (Å²) in [6, 6.07) is 19.8. The number of rotatable bonds is 2. The molecule has 96 valence electrons. The Balaban J connectivity index is 1.82. The molecule has 19 heavy (non-hydrogen) atoms. The minimum Gasteiger partial charge on any atom is -0.402 e. The van der Waals surface area contributed by atoms with E-state index in [9.17, 15) is 5.02 Å². The normalized spacial score (nSPS) is 23.3. The van der Waals surface area contributed by atoms with Crippen molar-refractivity contribution in [2.75, 3.05) is 0 Å². The smallest absolute Gasteiger partial charge is 0.402 e. The lowest BCUT2D eigenvalue weighted by Gasteiger charge is -2.32. The fourth-order valence-electron chi connectivity index (χ4n) is 2.38. The fraction of sp³-hybridized carbons (Fsp3) is 0.200. The predicted octanol–water partition coefficient (Wildman–Crippen LogP) is 2.88. The van der Waals surface area contributed by atoms with Crippen molar-refractivity contribution in [1.29, 1.82) is 0 Å². The third-order valence-corrected chi connectivity index (χ3v) is 3.33. The topological polar surface area (TPSA) is 38.7 Å². The van der Waals surface area contributed by atoms with Gasteiger partial charge in [0.15, 0.2) is 0 Å². The zero-order valence-corrected chi connectivity index (χ0v) is 10.5. The van der Waals surface area contributed by atoms with Gasteiger partial charge < -0.3 is 14.3 Å². The van der Waals surface area contributed by atoms with Gasteiger partial charge in [0, 0.05) is 6.42 Å². The van der Waals surface area contributed by atoms with Crippen LogP contribution in [-0.2, 0) is 9.31 Å². The van der Waals surface area contributed by atoms with E-state index in [-0.39, 0.29) is 12.2 Å². The van der Waals surface area contributed by atoms with Crippen LogP contribution in [0.25, 0.3) is 0 Å². The molecule has 0 aliphatic carbocycles. The molecule has 0 unspecified atom stereocenters. The maximum atomic E-state index is 9.73. The summed E-state index contributed by atoms with van der Waals surface area (Å²) in [6.45, 7) is 0. The SMILES string of the molecule is OB1O[C@H](c2ccccc2)C[C@H](c2ccccc2)O1. The van der Waals surface area contributed by atoms with Gasteiger partial charge in [0.1, 0.15) is 0 Å². The van der Waals surface area contributed by atoms with Gasteiger partial charge in [-0.25, -0.2) is 0 Å². The number of hydrogen-bond donors (Lipinski definition) is 1. The fourth-order valence-corrected chi connectivity index (χ4v) is 2.38. The lowest BCUT2D eigenvalue weighted by molar-refractivity contribution is -0.0202. The van der Waals surface area contributed by atoms with E-state index >= 15 is 0 Å². The van der Waals surface area contributed by atoms with Gasteiger partial charge in [0.25, 0.3) is 0 Å². The molecule has 0 bridgehead atoms. The molecule has 2 atom stereocenters. The molecule has 1 aliphatic heterocycles. The Bertz CT molecular complexity index is 470. The molecule has 1 fully saturated rings. The van der Waals surface area contributed by atoms with Crippen molar-refractivity contribution in [3.8, 4) is 0 Å². The van der Waals surface area contributed by atoms with Gasteiger partial charge in [-0.3, -0.25) is 0 Å². The summed E-state index contributed by atoms with van der Waals surface area (Å²) in [5.74, 6) is 0. The molecule has 1 saturated heterocycles. The summed E-state index contributed by atoms with van der Waals surface area (Å²) in [6.07, 6.45) is 0.413. The van der Waals surface area contributed by atoms with Gasteiger partial charge in [-0.05, 0) is 11.1 Å². The molecule has 0 spiro atoms. The van der Waals surface area contributed by atoms with Gasteiger partial charge in [-0.1, -0.05) is 60.7 Å². The van der Waals surface area contributed by atoms with Crippen molar-refractivity contribution in [3.05, 3.63) is 71.8 Å². The standard InChI is InChI=1S/C15H15BO3/c17-16-18-14(12-7-3-1-4-8-12)11-15(19-16)13-9-5-2-6-10-13/h1-10,14-15,17H,11H2/t14-,15+. The average Bonchev–Trinajstić information content (AvgIpc) is 2.48. The zero-order chi connectivity index (χ0) is 13.1. The Kier molecular flexibility index (Phi) is 3.64. The first-order chi connectivity index (χ1) is 9.33. The van der Waals surface area contributed by atoms with Crippen LogP contribution in [0.5, 0.6) is 0 Å². The lowest BCUT2D eigenvalue weighted by Crippen LogP contribution is -2.33. The van der Waals surface area contributed by atoms with E-state index in [1.807, 2.05) is 60.7 Å². The summed E-state index contributed by atoms with van der Waals surface area (Å²) in [4.78, 5) is 0. The van der Waals surface area contributed by atoms with Crippen molar-refractivity contribution >= 4 is 7.32 Å². The first-order valence-electron chi connectivity index (χ1n) is 6.42. The van der Waals surface area contributed by atoms with E-state index in [0.29, 0.717) is 6.42 Å². The highest BCUT2D eigenvalue weighted by molar-refractivity contribution is 6.34. The largest absolute Gasteiger partial charge is 0.637 e. The summed E-state index contributed by atoms with van der Waals surface area (Å²) >= 11 is 0. The molecule has 0 saturated carbocycles. The highest BCUT2D eigenvalue weighted by Gasteiger charge is 2.35. The molecule has 0 aromatic heterocycles. The monoisotopic (exact) mass is 254 g/mol. The summed E-state index contributed by atoms with van der Waals surface area (Å²) in [5, 5.41) is 9.73. The second-order valence-electron chi connectivity index (χ2n) is 4.61. The van der Waals surface area contributed by atoms with Gasteiger partial charge in [-0.2, -0.15) is 0 Å². The van der Waals surface area contributed by atoms with E-state index in [0.717, 1.165) is 11.1 Å². The van der Waals surface area contributed by atoms with Crippen molar-refractivity contribution in [2.45, 2.75) is 18.6 Å². The Morgan fingerprint density at radius 2 is 1.21 bits per heavy atom. The first kappa shape index (κ1) is 12.4. The average molecular weight is 254 g/mol. The van der Waals surface area contributed by atoms with Crippen LogP contribution in [0.1, 0.15) is 29.8 Å². The first-order valence-corrected chi connectivity index (χ1v) is 6.42. The third kappa shape index (κ3) is 2.87. The number of hydrogen-bond acceptors (Lipinski definition) is 3. The zero-order valence-electron chi connectivity index (χ0n) is 10.5. The van der Waals surface area contributed by atoms with Gasteiger partial charge in [-0.15, -0.1) is 0 Å². The maximum Gasteiger partial charge on any atom is 0.637 e. The molecule has 4 heteroatoms. The van der Waals surface area contributed by atoms with E-state index in [4.69, 9.17) is 9.31 Å². The Morgan fingerprint density at radius 1 is 0.789 bits per heavy atom. The minimum absolute atomic E-state index is 0.143. The van der Waals surface area contributed by atoms with Crippen LogP contribution in [0.3, 0.4) is 0 Å². The molecular formula is C15H15BO3. The molecular weight excluding hydrogens is 239 g/mol. The Hall–Kier alpha value is -1.62. The van der Waals surface area contributed by atoms with E-state index in [1.54, 1.807) is 0 Å². The molecule has 1 heterocycles. The molecule has 0 amide bonds. The highest BCUT2D eigenvalue weighted by Crippen LogP contribution is 2.36. The van der Waals surface area contributed by atoms with Crippen LogP contribution in [0.2, 0.25) is 0 Å². The Morgan fingerprint density at radius 3 is 1.63 bits per heavy atom. The summed E-state index contributed by atoms with van der Waals surface area (Å²) in [5.41, 5.74) is 2.12. The molecule has 1 N–H and O–H groups in total. The molecule has 2 aromatic rings. The molecule has 0 radical (unpaired) electrons. The summed E-state index contributed by atoms with van der Waals surface area (Å²) in [7, 11) is -1.18. The van der Waals surface area contributed by atoms with Crippen molar-refractivity contribution in [3.63, 3.8) is 0 Å². The van der Waals surface area contributed by atoms with Crippen molar-refractivity contribution in [2.24, 2.45) is 0 Å².